The summed E-state index contributed by atoms with van der Waals surface area (Å²) in [6, 6.07) is -0.310. The third kappa shape index (κ3) is 22.0. The molecule has 0 aliphatic rings. The number of carbonyl (C=O) groups is 6. The highest BCUT2D eigenvalue weighted by Crippen LogP contribution is 2.15. The van der Waals surface area contributed by atoms with Gasteiger partial charge in [0.25, 0.3) is 11.8 Å². The number of nitrogens with zero attached hydrogens (tertiary/aromatic N) is 1. The van der Waals surface area contributed by atoms with Crippen molar-refractivity contribution in [3.63, 3.8) is 0 Å². The van der Waals surface area contributed by atoms with Crippen molar-refractivity contribution in [2.45, 2.75) is 131 Å². The van der Waals surface area contributed by atoms with Crippen LogP contribution in [0.2, 0.25) is 19.1 Å². The Morgan fingerprint density at radius 2 is 1.70 bits per heavy atom. The predicted molar refractivity (Wildman–Crippen MR) is 214 cm³/mol. The Hall–Kier alpha value is -3.54. The van der Waals surface area contributed by atoms with Crippen molar-refractivity contribution in [1.82, 2.24) is 20.9 Å². The Morgan fingerprint density at radius 3 is 2.30 bits per heavy atom. The third-order valence-corrected chi connectivity index (χ3v) is 10.1. The Kier molecular flexibility index (Phi) is 21.6. The summed E-state index contributed by atoms with van der Waals surface area (Å²) in [5, 5.41) is 9.68. The number of allylic oxidation sites excluding steroid dienone is 2. The maximum Gasteiger partial charge on any atom is 0.408 e. The van der Waals surface area contributed by atoms with E-state index in [9.17, 15) is 28.8 Å². The summed E-state index contributed by atoms with van der Waals surface area (Å²) in [7, 11) is -0.936. The van der Waals surface area contributed by atoms with Crippen molar-refractivity contribution < 1.29 is 47.7 Å². The number of carbonyl (C=O) groups excluding carboxylic acids is 6. The van der Waals surface area contributed by atoms with Gasteiger partial charge in [0.15, 0.2) is 5.12 Å². The molecular formula is C37H60N4O10S2Si. The van der Waals surface area contributed by atoms with Crippen LogP contribution in [-0.4, -0.2) is 91.1 Å². The van der Waals surface area contributed by atoms with E-state index < -0.39 is 62.3 Å². The number of esters is 2. The summed E-state index contributed by atoms with van der Waals surface area (Å²) in [4.78, 5) is 80.8. The molecule has 3 N–H and O–H groups in total. The SMILES string of the molecule is C/C=C(\NC(=O)c1csc(CNC(=O)OC(C)(C)C)n1)C(=O)N[C@H](C(=O)O[C@H](/C=C/CCSC(=O)CCOC(C)(C)C)CC(=O)OCC[SiH](C)C)C(C)C. The van der Waals surface area contributed by atoms with Crippen molar-refractivity contribution in [2.75, 3.05) is 19.0 Å². The fraction of sp³-hybridized carbons (Fsp3) is 0.649. The Labute approximate surface area is 329 Å². The molecule has 54 heavy (non-hydrogen) atoms. The maximum absolute atomic E-state index is 13.5. The molecule has 3 amide bonds. The van der Waals surface area contributed by atoms with Crippen LogP contribution in [0.15, 0.2) is 29.3 Å². The molecule has 0 radical (unpaired) electrons. The molecule has 0 unspecified atom stereocenters. The molecule has 17 heteroatoms. The number of thiazole rings is 1. The summed E-state index contributed by atoms with van der Waals surface area (Å²) < 4.78 is 21.9. The van der Waals surface area contributed by atoms with Crippen LogP contribution in [0.3, 0.4) is 0 Å². The monoisotopic (exact) mass is 812 g/mol. The van der Waals surface area contributed by atoms with E-state index in [4.69, 9.17) is 18.9 Å². The van der Waals surface area contributed by atoms with Gasteiger partial charge < -0.3 is 34.9 Å². The number of rotatable bonds is 21. The van der Waals surface area contributed by atoms with E-state index in [0.717, 1.165) is 17.4 Å². The molecular weight excluding hydrogens is 753 g/mol. The molecule has 0 bridgehead atoms. The van der Waals surface area contributed by atoms with Crippen LogP contribution >= 0.6 is 23.1 Å². The van der Waals surface area contributed by atoms with Crippen LogP contribution in [0, 0.1) is 5.92 Å². The van der Waals surface area contributed by atoms with E-state index in [1.807, 2.05) is 20.8 Å². The minimum Gasteiger partial charge on any atom is -0.466 e. The largest absolute Gasteiger partial charge is 0.466 e. The van der Waals surface area contributed by atoms with E-state index in [2.05, 4.69) is 34.0 Å². The summed E-state index contributed by atoms with van der Waals surface area (Å²) in [6.07, 6.45) is 3.65. The Balaban J connectivity index is 2.90. The second-order valence-electron chi connectivity index (χ2n) is 15.1. The number of nitrogens with one attached hydrogen (secondary N) is 3. The molecule has 304 valence electrons. The van der Waals surface area contributed by atoms with Gasteiger partial charge in [-0.05, 0) is 72.9 Å². The van der Waals surface area contributed by atoms with E-state index in [-0.39, 0.29) is 35.1 Å². The van der Waals surface area contributed by atoms with Crippen LogP contribution in [0.1, 0.15) is 97.1 Å². The molecule has 0 aliphatic carbocycles. The third-order valence-electron chi connectivity index (χ3n) is 6.89. The van der Waals surface area contributed by atoms with E-state index >= 15 is 0 Å². The lowest BCUT2D eigenvalue weighted by atomic mass is 10.0. The number of hydrogen-bond donors (Lipinski definition) is 3. The molecule has 1 heterocycles. The number of aromatic nitrogens is 1. The lowest BCUT2D eigenvalue weighted by Crippen LogP contribution is -2.48. The first-order valence-electron chi connectivity index (χ1n) is 18.1. The van der Waals surface area contributed by atoms with E-state index in [1.165, 1.54) is 23.2 Å². The van der Waals surface area contributed by atoms with Crippen LogP contribution < -0.4 is 16.0 Å². The Morgan fingerprint density at radius 1 is 1.02 bits per heavy atom. The minimum atomic E-state index is -1.13. The lowest BCUT2D eigenvalue weighted by molar-refractivity contribution is -0.156. The highest BCUT2D eigenvalue weighted by Gasteiger charge is 2.30. The van der Waals surface area contributed by atoms with Crippen LogP contribution in [0.25, 0.3) is 0 Å². The summed E-state index contributed by atoms with van der Waals surface area (Å²) in [5.41, 5.74) is -1.08. The summed E-state index contributed by atoms with van der Waals surface area (Å²) in [6.45, 7) is 21.0. The first kappa shape index (κ1) is 48.5. The first-order chi connectivity index (χ1) is 25.1. The highest BCUT2D eigenvalue weighted by molar-refractivity contribution is 8.13. The van der Waals surface area contributed by atoms with Crippen molar-refractivity contribution in [3.8, 4) is 0 Å². The molecule has 0 aliphatic heterocycles. The van der Waals surface area contributed by atoms with Crippen molar-refractivity contribution >= 4 is 66.9 Å². The van der Waals surface area contributed by atoms with Gasteiger partial charge in [-0.2, -0.15) is 0 Å². The molecule has 0 saturated heterocycles. The highest BCUT2D eigenvalue weighted by atomic mass is 32.2. The number of alkyl carbamates (subject to hydrolysis) is 1. The average Bonchev–Trinajstić information content (AvgIpc) is 3.52. The van der Waals surface area contributed by atoms with Crippen LogP contribution in [-0.2, 0) is 44.7 Å². The van der Waals surface area contributed by atoms with Gasteiger partial charge in [0, 0.05) is 26.4 Å². The van der Waals surface area contributed by atoms with Gasteiger partial charge in [0.05, 0.1) is 31.8 Å². The molecule has 1 aromatic heterocycles. The van der Waals surface area contributed by atoms with Gasteiger partial charge in [-0.1, -0.05) is 50.9 Å². The molecule has 2 atom stereocenters. The van der Waals surface area contributed by atoms with E-state index in [1.54, 1.807) is 53.7 Å². The van der Waals surface area contributed by atoms with Crippen LogP contribution in [0.5, 0.6) is 0 Å². The second kappa shape index (κ2) is 24.1. The van der Waals surface area contributed by atoms with Gasteiger partial charge in [-0.15, -0.1) is 11.3 Å². The molecule has 1 aromatic rings. The maximum atomic E-state index is 13.5. The minimum absolute atomic E-state index is 0.00374. The van der Waals surface area contributed by atoms with Crippen molar-refractivity contribution in [2.24, 2.45) is 5.92 Å². The zero-order valence-corrected chi connectivity index (χ0v) is 36.4. The first-order valence-corrected chi connectivity index (χ1v) is 23.1. The van der Waals surface area contributed by atoms with Crippen molar-refractivity contribution in [1.29, 1.82) is 0 Å². The number of amides is 3. The van der Waals surface area contributed by atoms with Gasteiger partial charge in [-0.25, -0.2) is 14.6 Å². The normalized spacial score (nSPS) is 13.4. The molecule has 0 fully saturated rings. The van der Waals surface area contributed by atoms with E-state index in [0.29, 0.717) is 36.8 Å². The zero-order chi connectivity index (χ0) is 41.1. The summed E-state index contributed by atoms with van der Waals surface area (Å²) >= 11 is 2.32. The topological polar surface area (TPSA) is 188 Å². The summed E-state index contributed by atoms with van der Waals surface area (Å²) in [5.74, 6) is -2.63. The molecule has 1 rings (SSSR count). The van der Waals surface area contributed by atoms with Gasteiger partial charge in [0.1, 0.15) is 34.1 Å². The fourth-order valence-electron chi connectivity index (χ4n) is 4.13. The van der Waals surface area contributed by atoms with Gasteiger partial charge in [-0.3, -0.25) is 19.2 Å². The average molecular weight is 813 g/mol. The zero-order valence-electron chi connectivity index (χ0n) is 33.6. The van der Waals surface area contributed by atoms with Gasteiger partial charge in [0.2, 0.25) is 0 Å². The quantitative estimate of drug-likeness (QED) is 0.0345. The van der Waals surface area contributed by atoms with Gasteiger partial charge >= 0.3 is 18.0 Å². The standard InChI is InChI=1S/C37H60N4O10S2Si/c1-12-26(40-33(45)27-23-53-28(39-27)22-38-35(47)51-37(7,8)9)32(44)41-31(24(2)3)34(46)50-25(21-29(42)48-18-20-54(10)11)15-13-14-19-52-30(43)16-17-49-36(4,5)6/h12-13,15,23-25,31,54H,14,16-22H2,1-11H3,(H,38,47)(H,40,45)(H,41,44)/b15-13+,26-12-/t25-,31+/m1/s1. The second-order valence-corrected chi connectivity index (χ2v) is 20.5. The molecule has 0 saturated carbocycles. The smallest absolute Gasteiger partial charge is 0.408 e. The Bertz CT molecular complexity index is 1460. The fourth-order valence-corrected chi connectivity index (χ4v) is 6.14. The number of ether oxygens (including phenoxy) is 4. The molecule has 0 aromatic carbocycles. The lowest BCUT2D eigenvalue weighted by Gasteiger charge is -2.24. The molecule has 14 nitrogen and oxygen atoms in total. The molecule has 0 spiro atoms. The number of thioether (sulfide) groups is 1. The van der Waals surface area contributed by atoms with Crippen LogP contribution in [0.4, 0.5) is 4.79 Å². The van der Waals surface area contributed by atoms with Crippen molar-refractivity contribution in [3.05, 3.63) is 40.0 Å². The predicted octanol–water partition coefficient (Wildman–Crippen LogP) is 5.69. The number of hydrogen-bond acceptors (Lipinski definition) is 13.